The minimum Gasteiger partial charge on any atom is -0.367 e. The molecule has 0 radical (unpaired) electrons. The second kappa shape index (κ2) is 4.63. The van der Waals surface area contributed by atoms with E-state index < -0.39 is 0 Å². The molecule has 1 saturated carbocycles. The van der Waals surface area contributed by atoms with E-state index in [0.29, 0.717) is 6.54 Å². The van der Waals surface area contributed by atoms with Gasteiger partial charge in [-0.15, -0.1) is 0 Å². The smallest absolute Gasteiger partial charge is 0.0599 e. The van der Waals surface area contributed by atoms with Crippen LogP contribution in [-0.4, -0.2) is 42.1 Å². The fourth-order valence-corrected chi connectivity index (χ4v) is 2.64. The standard InChI is InChI=1S/C13H20N4/c14-9-11-3-4-15-10-13(11)17-7-5-16(6-8-17)12-1-2-12/h3-4,10,12H,1-2,5-9,14H2. The molecule has 0 unspecified atom stereocenters. The number of hydrogen-bond donors (Lipinski definition) is 1. The van der Waals surface area contributed by atoms with E-state index in [9.17, 15) is 0 Å². The molecule has 2 fully saturated rings. The molecule has 0 aromatic carbocycles. The predicted molar refractivity (Wildman–Crippen MR) is 68.9 cm³/mol. The third-order valence-corrected chi connectivity index (χ3v) is 3.83. The molecule has 0 spiro atoms. The Labute approximate surface area is 102 Å². The number of pyridine rings is 1. The molecule has 1 aliphatic carbocycles. The van der Waals surface area contributed by atoms with E-state index in [0.717, 1.165) is 19.1 Å². The van der Waals surface area contributed by atoms with Crippen LogP contribution >= 0.6 is 0 Å². The third kappa shape index (κ3) is 2.28. The van der Waals surface area contributed by atoms with Crippen molar-refractivity contribution < 1.29 is 0 Å². The summed E-state index contributed by atoms with van der Waals surface area (Å²) in [5.74, 6) is 0. The summed E-state index contributed by atoms with van der Waals surface area (Å²) in [4.78, 5) is 9.27. The van der Waals surface area contributed by atoms with E-state index >= 15 is 0 Å². The molecular formula is C13H20N4. The molecule has 0 atom stereocenters. The monoisotopic (exact) mass is 232 g/mol. The number of piperazine rings is 1. The molecule has 0 bridgehead atoms. The second-order valence-corrected chi connectivity index (χ2v) is 4.96. The van der Waals surface area contributed by atoms with Crippen molar-refractivity contribution in [1.82, 2.24) is 9.88 Å². The van der Waals surface area contributed by atoms with Gasteiger partial charge in [0.1, 0.15) is 0 Å². The molecule has 2 N–H and O–H groups in total. The molecule has 2 aliphatic rings. The maximum absolute atomic E-state index is 5.78. The maximum atomic E-state index is 5.78. The van der Waals surface area contributed by atoms with Gasteiger partial charge in [0.25, 0.3) is 0 Å². The Bertz CT molecular complexity index is 381. The van der Waals surface area contributed by atoms with Crippen LogP contribution in [0.1, 0.15) is 18.4 Å². The normalized spacial score (nSPS) is 21.8. The summed E-state index contributed by atoms with van der Waals surface area (Å²) >= 11 is 0. The fraction of sp³-hybridized carbons (Fsp3) is 0.615. The van der Waals surface area contributed by atoms with Crippen LogP contribution in [0, 0.1) is 0 Å². The molecule has 4 nitrogen and oxygen atoms in total. The Morgan fingerprint density at radius 1 is 1.24 bits per heavy atom. The zero-order valence-corrected chi connectivity index (χ0v) is 10.2. The average molecular weight is 232 g/mol. The highest BCUT2D eigenvalue weighted by molar-refractivity contribution is 5.52. The highest BCUT2D eigenvalue weighted by Crippen LogP contribution is 2.29. The van der Waals surface area contributed by atoms with Crippen molar-refractivity contribution in [3.8, 4) is 0 Å². The second-order valence-electron chi connectivity index (χ2n) is 4.96. The van der Waals surface area contributed by atoms with E-state index in [1.165, 1.54) is 37.2 Å². The van der Waals surface area contributed by atoms with Crippen molar-refractivity contribution in [2.45, 2.75) is 25.4 Å². The van der Waals surface area contributed by atoms with Crippen LogP contribution in [0.2, 0.25) is 0 Å². The van der Waals surface area contributed by atoms with E-state index in [2.05, 4.69) is 14.8 Å². The first-order valence-electron chi connectivity index (χ1n) is 6.50. The largest absolute Gasteiger partial charge is 0.367 e. The third-order valence-electron chi connectivity index (χ3n) is 3.83. The van der Waals surface area contributed by atoms with Gasteiger partial charge in [-0.05, 0) is 24.5 Å². The van der Waals surface area contributed by atoms with Crippen LogP contribution in [0.4, 0.5) is 5.69 Å². The van der Waals surface area contributed by atoms with Gasteiger partial charge < -0.3 is 10.6 Å². The summed E-state index contributed by atoms with van der Waals surface area (Å²) in [7, 11) is 0. The molecule has 3 rings (SSSR count). The molecule has 4 heteroatoms. The Morgan fingerprint density at radius 2 is 2.00 bits per heavy atom. The quantitative estimate of drug-likeness (QED) is 0.838. The highest BCUT2D eigenvalue weighted by atomic mass is 15.3. The molecule has 92 valence electrons. The molecule has 1 aromatic heterocycles. The summed E-state index contributed by atoms with van der Waals surface area (Å²) in [5, 5.41) is 0. The first kappa shape index (κ1) is 11.0. The number of rotatable bonds is 3. The van der Waals surface area contributed by atoms with Crippen LogP contribution in [-0.2, 0) is 6.54 Å². The van der Waals surface area contributed by atoms with Crippen molar-refractivity contribution >= 4 is 5.69 Å². The van der Waals surface area contributed by atoms with Crippen molar-refractivity contribution in [3.63, 3.8) is 0 Å². The summed E-state index contributed by atoms with van der Waals surface area (Å²) in [6, 6.07) is 2.92. The van der Waals surface area contributed by atoms with E-state index in [-0.39, 0.29) is 0 Å². The topological polar surface area (TPSA) is 45.4 Å². The number of nitrogens with two attached hydrogens (primary N) is 1. The Balaban J connectivity index is 1.68. The Hall–Kier alpha value is -1.13. The zero-order chi connectivity index (χ0) is 11.7. The average Bonchev–Trinajstić information content (AvgIpc) is 3.23. The van der Waals surface area contributed by atoms with Crippen LogP contribution in [0.5, 0.6) is 0 Å². The highest BCUT2D eigenvalue weighted by Gasteiger charge is 2.31. The van der Waals surface area contributed by atoms with E-state index in [1.807, 2.05) is 18.5 Å². The number of anilines is 1. The first-order chi connectivity index (χ1) is 8.38. The number of nitrogens with zero attached hydrogens (tertiary/aromatic N) is 3. The zero-order valence-electron chi connectivity index (χ0n) is 10.2. The van der Waals surface area contributed by atoms with Gasteiger partial charge in [-0.1, -0.05) is 0 Å². The van der Waals surface area contributed by atoms with Crippen molar-refractivity contribution in [3.05, 3.63) is 24.0 Å². The van der Waals surface area contributed by atoms with Gasteiger partial charge in [0.15, 0.2) is 0 Å². The molecule has 1 aromatic rings. The van der Waals surface area contributed by atoms with Crippen molar-refractivity contribution in [2.24, 2.45) is 5.73 Å². The lowest BCUT2D eigenvalue weighted by atomic mass is 10.2. The van der Waals surface area contributed by atoms with Crippen LogP contribution in [0.15, 0.2) is 18.5 Å². The summed E-state index contributed by atoms with van der Waals surface area (Å²) in [6.07, 6.45) is 6.59. The van der Waals surface area contributed by atoms with Crippen molar-refractivity contribution in [1.29, 1.82) is 0 Å². The van der Waals surface area contributed by atoms with Gasteiger partial charge in [-0.25, -0.2) is 0 Å². The summed E-state index contributed by atoms with van der Waals surface area (Å²) in [6.45, 7) is 5.18. The maximum Gasteiger partial charge on any atom is 0.0599 e. The SMILES string of the molecule is NCc1ccncc1N1CCN(C2CC2)CC1. The van der Waals surface area contributed by atoms with Crippen LogP contribution in [0.3, 0.4) is 0 Å². The minimum atomic E-state index is 0.598. The first-order valence-corrected chi connectivity index (χ1v) is 6.50. The van der Waals surface area contributed by atoms with Gasteiger partial charge in [0, 0.05) is 45.0 Å². The Morgan fingerprint density at radius 3 is 2.65 bits per heavy atom. The van der Waals surface area contributed by atoms with Crippen molar-refractivity contribution in [2.75, 3.05) is 31.1 Å². The molecule has 2 heterocycles. The van der Waals surface area contributed by atoms with Gasteiger partial charge in [-0.2, -0.15) is 0 Å². The van der Waals surface area contributed by atoms with Gasteiger partial charge >= 0.3 is 0 Å². The number of aromatic nitrogens is 1. The van der Waals surface area contributed by atoms with Crippen LogP contribution < -0.4 is 10.6 Å². The summed E-state index contributed by atoms with van der Waals surface area (Å²) < 4.78 is 0. The van der Waals surface area contributed by atoms with E-state index in [4.69, 9.17) is 5.73 Å². The van der Waals surface area contributed by atoms with Gasteiger partial charge in [-0.3, -0.25) is 9.88 Å². The van der Waals surface area contributed by atoms with Gasteiger partial charge in [0.05, 0.1) is 11.9 Å². The minimum absolute atomic E-state index is 0.598. The van der Waals surface area contributed by atoms with Gasteiger partial charge in [0.2, 0.25) is 0 Å². The number of hydrogen-bond acceptors (Lipinski definition) is 4. The molecule has 1 aliphatic heterocycles. The lowest BCUT2D eigenvalue weighted by Gasteiger charge is -2.36. The predicted octanol–water partition coefficient (Wildman–Crippen LogP) is 0.825. The lowest BCUT2D eigenvalue weighted by Crippen LogP contribution is -2.47. The fourth-order valence-electron chi connectivity index (χ4n) is 2.64. The molecule has 1 saturated heterocycles. The molecule has 0 amide bonds. The van der Waals surface area contributed by atoms with Crippen LogP contribution in [0.25, 0.3) is 0 Å². The lowest BCUT2D eigenvalue weighted by molar-refractivity contribution is 0.248. The van der Waals surface area contributed by atoms with E-state index in [1.54, 1.807) is 0 Å². The summed E-state index contributed by atoms with van der Waals surface area (Å²) in [5.41, 5.74) is 8.21. The molecule has 17 heavy (non-hydrogen) atoms. The molecular weight excluding hydrogens is 212 g/mol. The Kier molecular flexibility index (Phi) is 2.99.